The molecule has 1 aromatic heterocycles. The van der Waals surface area contributed by atoms with E-state index in [-0.39, 0.29) is 62.4 Å². The van der Waals surface area contributed by atoms with E-state index in [0.29, 0.717) is 35.4 Å². The fourth-order valence-electron chi connectivity index (χ4n) is 6.39. The number of nitrogens with zero attached hydrogens (tertiary/aromatic N) is 3. The van der Waals surface area contributed by atoms with Crippen molar-refractivity contribution >= 4 is 29.3 Å². The molecule has 3 aliphatic rings. The molecule has 45 heavy (non-hydrogen) atoms. The van der Waals surface area contributed by atoms with Gasteiger partial charge >= 0.3 is 11.8 Å². The molecule has 2 aromatic carbocycles. The van der Waals surface area contributed by atoms with Gasteiger partial charge in [-0.3, -0.25) is 23.7 Å². The maximum Gasteiger partial charge on any atom is 0.312 e. The fraction of sp³-hybridized carbons (Fsp3) is 0.406. The van der Waals surface area contributed by atoms with Gasteiger partial charge < -0.3 is 20.3 Å². The number of aromatic nitrogens is 2. The van der Waals surface area contributed by atoms with Crippen molar-refractivity contribution in [2.24, 2.45) is 5.92 Å². The first kappa shape index (κ1) is 30.7. The van der Waals surface area contributed by atoms with Crippen molar-refractivity contribution in [1.82, 2.24) is 25.1 Å². The lowest BCUT2D eigenvalue weighted by molar-refractivity contribution is -0.146. The van der Waals surface area contributed by atoms with Crippen molar-refractivity contribution in [3.63, 3.8) is 0 Å². The molecule has 236 valence electrons. The highest BCUT2D eigenvalue weighted by atomic mass is 35.5. The molecule has 0 radical (unpaired) electrons. The zero-order valence-electron chi connectivity index (χ0n) is 24.4. The molecule has 1 saturated heterocycles. The second-order valence-electron chi connectivity index (χ2n) is 11.9. The summed E-state index contributed by atoms with van der Waals surface area (Å²) < 4.78 is 34.6. The van der Waals surface area contributed by atoms with E-state index in [0.717, 1.165) is 6.42 Å². The lowest BCUT2D eigenvalue weighted by Crippen LogP contribution is -2.53. The average Bonchev–Trinajstić information content (AvgIpc) is 3.61. The van der Waals surface area contributed by atoms with Crippen molar-refractivity contribution in [2.45, 2.75) is 63.5 Å². The normalized spacial score (nSPS) is 22.0. The number of fused-ring (bicyclic) bond motifs is 4. The number of hydrogen-bond acceptors (Lipinski definition) is 6. The van der Waals surface area contributed by atoms with Crippen LogP contribution < -0.4 is 20.9 Å². The Morgan fingerprint density at radius 1 is 1.02 bits per heavy atom. The Morgan fingerprint density at radius 2 is 1.76 bits per heavy atom. The number of carbonyl (C=O) groups excluding carboxylic acids is 3. The number of likely N-dealkylation sites (tertiary alicyclic amines) is 1. The van der Waals surface area contributed by atoms with Crippen LogP contribution in [-0.4, -0.2) is 51.4 Å². The Hall–Kier alpha value is -4.32. The van der Waals surface area contributed by atoms with E-state index in [9.17, 15) is 28.0 Å². The molecule has 0 spiro atoms. The molecule has 3 atom stereocenters. The molecular weight excluding hydrogens is 608 g/mol. The van der Waals surface area contributed by atoms with E-state index in [2.05, 4.69) is 10.6 Å². The minimum Gasteiger partial charge on any atom is -0.481 e. The van der Waals surface area contributed by atoms with E-state index in [1.54, 1.807) is 24.3 Å². The topological polar surface area (TPSA) is 123 Å². The van der Waals surface area contributed by atoms with Crippen molar-refractivity contribution in [3.05, 3.63) is 92.4 Å². The Morgan fingerprint density at radius 3 is 2.47 bits per heavy atom. The number of nitrogens with one attached hydrogen (secondary N) is 2. The van der Waals surface area contributed by atoms with E-state index in [1.807, 2.05) is 0 Å². The summed E-state index contributed by atoms with van der Waals surface area (Å²) in [5.74, 6) is -2.82. The van der Waals surface area contributed by atoms with Crippen LogP contribution in [0.15, 0.2) is 53.3 Å². The molecule has 6 rings (SSSR count). The van der Waals surface area contributed by atoms with Gasteiger partial charge in [0, 0.05) is 24.7 Å². The highest BCUT2D eigenvalue weighted by molar-refractivity contribution is 6.35. The highest BCUT2D eigenvalue weighted by Gasteiger charge is 2.49. The Labute approximate surface area is 262 Å². The van der Waals surface area contributed by atoms with Crippen molar-refractivity contribution < 1.29 is 27.9 Å². The summed E-state index contributed by atoms with van der Waals surface area (Å²) in [4.78, 5) is 59.9. The third-order valence-electron chi connectivity index (χ3n) is 8.78. The summed E-state index contributed by atoms with van der Waals surface area (Å²) >= 11 is 6.00. The lowest BCUT2D eigenvalue weighted by atomic mass is 9.94. The number of ether oxygens (including phenoxy) is 1. The van der Waals surface area contributed by atoms with Crippen LogP contribution in [0.2, 0.25) is 5.02 Å². The largest absolute Gasteiger partial charge is 0.481 e. The van der Waals surface area contributed by atoms with Crippen molar-refractivity contribution in [2.75, 3.05) is 13.1 Å². The summed E-state index contributed by atoms with van der Waals surface area (Å²) in [5, 5.41) is 6.12. The van der Waals surface area contributed by atoms with Crippen LogP contribution in [0, 0.1) is 11.7 Å². The highest BCUT2D eigenvalue weighted by Crippen LogP contribution is 2.45. The minimum absolute atomic E-state index is 0.0275. The molecule has 2 aliphatic heterocycles. The number of hydrogen-bond donors (Lipinski definition) is 2. The summed E-state index contributed by atoms with van der Waals surface area (Å²) in [6.45, 7) is 0.254. The van der Waals surface area contributed by atoms with Crippen LogP contribution in [0.1, 0.15) is 59.5 Å². The minimum atomic E-state index is -1.19. The van der Waals surface area contributed by atoms with Gasteiger partial charge in [-0.05, 0) is 73.4 Å². The first-order chi connectivity index (χ1) is 21.6. The van der Waals surface area contributed by atoms with Gasteiger partial charge in [0.1, 0.15) is 24.4 Å². The van der Waals surface area contributed by atoms with Gasteiger partial charge in [-0.25, -0.2) is 13.8 Å². The molecule has 2 N–H and O–H groups in total. The third-order valence-corrected chi connectivity index (χ3v) is 9.03. The van der Waals surface area contributed by atoms with Crippen LogP contribution in [0.4, 0.5) is 8.78 Å². The molecule has 3 amide bonds. The first-order valence-corrected chi connectivity index (χ1v) is 15.3. The van der Waals surface area contributed by atoms with Gasteiger partial charge in [-0.1, -0.05) is 35.9 Å². The standard InChI is InChI=1S/C32H32ClF2N5O5/c33-22-5-1-21(2-6-22)18-45-26-25(27(41)36-16-20-3-7-23(34)8-4-20)37-31-32(12-9-19(15-32)10-14-40(31)29(26)43)38-28(42)30(44)39-13-11-24(35)17-39/h1-8,19,24H,9-18H2,(H,36,41)(H,38,42). The third kappa shape index (κ3) is 6.42. The molecule has 10 nitrogen and oxygen atoms in total. The van der Waals surface area contributed by atoms with Gasteiger partial charge in [-0.2, -0.15) is 0 Å². The molecule has 3 heterocycles. The number of alkyl halides is 1. The average molecular weight is 640 g/mol. The summed E-state index contributed by atoms with van der Waals surface area (Å²) in [6.07, 6.45) is 1.16. The SMILES string of the molecule is O=C(NC12CCC(CCn3c1nc(C(=O)NCc1ccc(F)cc1)c(OCc1ccc(Cl)cc1)c3=O)C2)C(=O)N1CCC(F)C1. The number of rotatable bonds is 7. The molecule has 1 saturated carbocycles. The number of halogens is 3. The maximum absolute atomic E-state index is 14.1. The Kier molecular flexibility index (Phi) is 8.59. The van der Waals surface area contributed by atoms with Crippen LogP contribution in [0.3, 0.4) is 0 Å². The Bertz CT molecular complexity index is 1680. The van der Waals surface area contributed by atoms with Gasteiger partial charge in [0.05, 0.1) is 12.1 Å². The monoisotopic (exact) mass is 639 g/mol. The molecule has 1 aliphatic carbocycles. The quantitative estimate of drug-likeness (QED) is 0.381. The molecule has 2 fully saturated rings. The second kappa shape index (κ2) is 12.6. The van der Waals surface area contributed by atoms with Crippen molar-refractivity contribution in [3.8, 4) is 5.75 Å². The summed E-state index contributed by atoms with van der Waals surface area (Å²) in [7, 11) is 0. The van der Waals surface area contributed by atoms with Gasteiger partial charge in [-0.15, -0.1) is 0 Å². The number of benzene rings is 2. The van der Waals surface area contributed by atoms with E-state index >= 15 is 0 Å². The predicted molar refractivity (Wildman–Crippen MR) is 160 cm³/mol. The number of carbonyl (C=O) groups is 3. The zero-order valence-corrected chi connectivity index (χ0v) is 25.1. The number of amides is 3. The van der Waals surface area contributed by atoms with E-state index < -0.39 is 40.8 Å². The van der Waals surface area contributed by atoms with Gasteiger partial charge in [0.2, 0.25) is 5.75 Å². The van der Waals surface area contributed by atoms with Crippen LogP contribution in [0.25, 0.3) is 0 Å². The van der Waals surface area contributed by atoms with Gasteiger partial charge in [0.25, 0.3) is 11.5 Å². The lowest BCUT2D eigenvalue weighted by Gasteiger charge is -2.32. The molecule has 13 heteroatoms. The molecule has 3 aromatic rings. The van der Waals surface area contributed by atoms with Crippen LogP contribution in [0.5, 0.6) is 5.75 Å². The Balaban J connectivity index is 1.36. The van der Waals surface area contributed by atoms with Gasteiger partial charge in [0.15, 0.2) is 5.69 Å². The van der Waals surface area contributed by atoms with Crippen LogP contribution in [-0.2, 0) is 34.8 Å². The smallest absolute Gasteiger partial charge is 0.312 e. The molecular formula is C32H32ClF2N5O5. The van der Waals surface area contributed by atoms with E-state index in [4.69, 9.17) is 21.3 Å². The predicted octanol–water partition coefficient (Wildman–Crippen LogP) is 3.63. The maximum atomic E-state index is 14.1. The molecule has 3 unspecified atom stereocenters. The summed E-state index contributed by atoms with van der Waals surface area (Å²) in [5.41, 5.74) is -0.725. The van der Waals surface area contributed by atoms with E-state index in [1.165, 1.54) is 33.7 Å². The molecule has 2 bridgehead atoms. The summed E-state index contributed by atoms with van der Waals surface area (Å²) in [6, 6.07) is 12.4. The van der Waals surface area contributed by atoms with Crippen molar-refractivity contribution in [1.29, 1.82) is 0 Å². The van der Waals surface area contributed by atoms with Crippen LogP contribution >= 0.6 is 11.6 Å². The zero-order chi connectivity index (χ0) is 31.7. The second-order valence-corrected chi connectivity index (χ2v) is 12.3. The first-order valence-electron chi connectivity index (χ1n) is 14.9. The fourth-order valence-corrected chi connectivity index (χ4v) is 6.52.